The predicted molar refractivity (Wildman–Crippen MR) is 89.4 cm³/mol. The molecule has 2 aliphatic rings. The summed E-state index contributed by atoms with van der Waals surface area (Å²) < 4.78 is 0. The summed E-state index contributed by atoms with van der Waals surface area (Å²) in [6.07, 6.45) is 5.23. The van der Waals surface area contributed by atoms with Gasteiger partial charge in [0.2, 0.25) is 0 Å². The van der Waals surface area contributed by atoms with Crippen molar-refractivity contribution < 1.29 is 9.90 Å². The van der Waals surface area contributed by atoms with Crippen LogP contribution in [-0.2, 0) is 4.79 Å². The van der Waals surface area contributed by atoms with Gasteiger partial charge in [-0.3, -0.25) is 9.79 Å². The Bertz CT molecular complexity index is 850. The lowest BCUT2D eigenvalue weighted by molar-refractivity contribution is -0.112. The van der Waals surface area contributed by atoms with E-state index in [1.165, 1.54) is 18.0 Å². The molecule has 1 amide bonds. The lowest BCUT2D eigenvalue weighted by Gasteiger charge is -2.20. The Morgan fingerprint density at radius 1 is 1.36 bits per heavy atom. The van der Waals surface area contributed by atoms with Gasteiger partial charge < -0.3 is 15.4 Å². The Morgan fingerprint density at radius 3 is 3.18 bits per heavy atom. The van der Waals surface area contributed by atoms with Crippen LogP contribution in [0.3, 0.4) is 0 Å². The molecule has 110 valence electrons. The third-order valence-corrected chi connectivity index (χ3v) is 4.90. The standard InChI is InChI=1S/C16H13N3O2S/c20-14-11(8-18-12-4-6-22-15(12)14)16(21)19-10-2-1-9-3-5-17-13(9)7-10/h1-8,12,15,17,20H,(H,19,21). The number of thioether (sulfide) groups is 1. The SMILES string of the molecule is O=C(Nc1ccc2cc[nH]c2c1)C1=C(O)C2SC=CC2N=C1. The number of aliphatic hydroxyl groups is 1. The van der Waals surface area contributed by atoms with Gasteiger partial charge in [-0.05, 0) is 29.0 Å². The summed E-state index contributed by atoms with van der Waals surface area (Å²) in [5.74, 6) is -0.258. The lowest BCUT2D eigenvalue weighted by atomic mass is 10.0. The number of nitrogens with one attached hydrogen (secondary N) is 2. The minimum absolute atomic E-state index is 0.0724. The van der Waals surface area contributed by atoms with Crippen LogP contribution in [0.4, 0.5) is 5.69 Å². The number of aliphatic hydroxyl groups excluding tert-OH is 1. The molecule has 6 heteroatoms. The zero-order valence-electron chi connectivity index (χ0n) is 11.5. The van der Waals surface area contributed by atoms with Crippen LogP contribution in [0.1, 0.15) is 0 Å². The first-order valence-corrected chi connectivity index (χ1v) is 7.83. The number of dihydropyridines is 1. The van der Waals surface area contributed by atoms with Gasteiger partial charge in [-0.25, -0.2) is 0 Å². The number of amides is 1. The number of hydrogen-bond donors (Lipinski definition) is 3. The summed E-state index contributed by atoms with van der Waals surface area (Å²) in [6, 6.07) is 7.52. The third-order valence-electron chi connectivity index (χ3n) is 3.79. The molecule has 0 spiro atoms. The second kappa shape index (κ2) is 5.06. The highest BCUT2D eigenvalue weighted by Gasteiger charge is 2.33. The number of aromatic amines is 1. The highest BCUT2D eigenvalue weighted by molar-refractivity contribution is 8.03. The number of carbonyl (C=O) groups is 1. The van der Waals surface area contributed by atoms with Crippen LogP contribution in [0, 0.1) is 0 Å². The maximum Gasteiger partial charge on any atom is 0.260 e. The summed E-state index contributed by atoms with van der Waals surface area (Å²) in [7, 11) is 0. The Labute approximate surface area is 130 Å². The van der Waals surface area contributed by atoms with Crippen molar-refractivity contribution in [3.63, 3.8) is 0 Å². The van der Waals surface area contributed by atoms with Gasteiger partial charge in [0.15, 0.2) is 0 Å². The maximum absolute atomic E-state index is 12.4. The Morgan fingerprint density at radius 2 is 2.27 bits per heavy atom. The van der Waals surface area contributed by atoms with Crippen molar-refractivity contribution in [3.05, 3.63) is 53.3 Å². The number of anilines is 1. The van der Waals surface area contributed by atoms with Crippen LogP contribution in [0.15, 0.2) is 58.3 Å². The lowest BCUT2D eigenvalue weighted by Crippen LogP contribution is -2.28. The van der Waals surface area contributed by atoms with Crippen LogP contribution < -0.4 is 5.32 Å². The molecule has 22 heavy (non-hydrogen) atoms. The average molecular weight is 311 g/mol. The quantitative estimate of drug-likeness (QED) is 0.798. The molecule has 0 radical (unpaired) electrons. The van der Waals surface area contributed by atoms with E-state index in [0.29, 0.717) is 5.69 Å². The molecular weight excluding hydrogens is 298 g/mol. The minimum atomic E-state index is -0.349. The number of benzene rings is 1. The molecule has 1 aromatic carbocycles. The molecule has 0 bridgehead atoms. The van der Waals surface area contributed by atoms with Gasteiger partial charge in [0.05, 0.1) is 16.9 Å². The van der Waals surface area contributed by atoms with E-state index in [0.717, 1.165) is 10.9 Å². The van der Waals surface area contributed by atoms with Crippen molar-refractivity contribution in [2.45, 2.75) is 11.3 Å². The van der Waals surface area contributed by atoms with Crippen LogP contribution in [0.25, 0.3) is 10.9 Å². The molecule has 2 atom stereocenters. The molecule has 3 N–H and O–H groups in total. The second-order valence-corrected chi connectivity index (χ2v) is 6.24. The highest BCUT2D eigenvalue weighted by atomic mass is 32.2. The topological polar surface area (TPSA) is 77.5 Å². The van der Waals surface area contributed by atoms with Crippen molar-refractivity contribution in [1.29, 1.82) is 0 Å². The van der Waals surface area contributed by atoms with Crippen molar-refractivity contribution in [3.8, 4) is 0 Å². The minimum Gasteiger partial charge on any atom is -0.510 e. The zero-order valence-corrected chi connectivity index (χ0v) is 12.3. The fraction of sp³-hybridized carbons (Fsp3) is 0.125. The number of aliphatic imine (C=N–C) groups is 1. The van der Waals surface area contributed by atoms with Crippen LogP contribution in [0.2, 0.25) is 0 Å². The fourth-order valence-corrected chi connectivity index (χ4v) is 3.62. The number of hydrogen-bond acceptors (Lipinski definition) is 4. The van der Waals surface area contributed by atoms with E-state index >= 15 is 0 Å². The molecule has 0 saturated carbocycles. The van der Waals surface area contributed by atoms with E-state index in [9.17, 15) is 9.90 Å². The zero-order chi connectivity index (χ0) is 15.1. The number of aromatic nitrogens is 1. The number of rotatable bonds is 2. The molecule has 0 aliphatic carbocycles. The summed E-state index contributed by atoms with van der Waals surface area (Å²) in [5, 5.41) is 15.9. The van der Waals surface area contributed by atoms with Crippen molar-refractivity contribution in [1.82, 2.24) is 4.98 Å². The van der Waals surface area contributed by atoms with E-state index in [4.69, 9.17) is 0 Å². The first-order chi connectivity index (χ1) is 10.7. The van der Waals surface area contributed by atoms with Crippen LogP contribution in [-0.4, -0.2) is 33.5 Å². The smallest absolute Gasteiger partial charge is 0.260 e. The van der Waals surface area contributed by atoms with E-state index in [2.05, 4.69) is 15.3 Å². The van der Waals surface area contributed by atoms with Crippen molar-refractivity contribution >= 4 is 40.5 Å². The maximum atomic E-state index is 12.4. The number of fused-ring (bicyclic) bond motifs is 2. The van der Waals surface area contributed by atoms with Crippen molar-refractivity contribution in [2.75, 3.05) is 5.32 Å². The molecule has 3 heterocycles. The molecule has 2 aliphatic heterocycles. The van der Waals surface area contributed by atoms with Crippen LogP contribution >= 0.6 is 11.8 Å². The van der Waals surface area contributed by atoms with Crippen molar-refractivity contribution in [2.24, 2.45) is 4.99 Å². The Hall–Kier alpha value is -2.47. The van der Waals surface area contributed by atoms with Gasteiger partial charge >= 0.3 is 0 Å². The number of carbonyl (C=O) groups excluding carboxylic acids is 1. The first-order valence-electron chi connectivity index (χ1n) is 6.89. The van der Waals surface area contributed by atoms with E-state index < -0.39 is 0 Å². The van der Waals surface area contributed by atoms with Gasteiger partial charge in [0.25, 0.3) is 5.91 Å². The molecule has 2 aromatic rings. The predicted octanol–water partition coefficient (Wildman–Crippen LogP) is 3.00. The average Bonchev–Trinajstić information content (AvgIpc) is 3.15. The summed E-state index contributed by atoms with van der Waals surface area (Å²) in [5.41, 5.74) is 1.85. The van der Waals surface area contributed by atoms with Gasteiger partial charge in [-0.15, -0.1) is 11.8 Å². The molecular formula is C16H13N3O2S. The van der Waals surface area contributed by atoms with Gasteiger partial charge in [-0.1, -0.05) is 12.1 Å². The monoisotopic (exact) mass is 311 g/mol. The van der Waals surface area contributed by atoms with E-state index in [1.54, 1.807) is 0 Å². The fourth-order valence-electron chi connectivity index (χ4n) is 2.62. The number of nitrogens with zero attached hydrogens (tertiary/aromatic N) is 1. The normalized spacial score (nSPS) is 23.1. The highest BCUT2D eigenvalue weighted by Crippen LogP contribution is 2.34. The van der Waals surface area contributed by atoms with Crippen LogP contribution in [0.5, 0.6) is 0 Å². The molecule has 0 fully saturated rings. The Kier molecular flexibility index (Phi) is 3.04. The Balaban J connectivity index is 1.59. The van der Waals surface area contributed by atoms with Gasteiger partial charge in [-0.2, -0.15) is 0 Å². The number of H-pyrrole nitrogens is 1. The van der Waals surface area contributed by atoms with Gasteiger partial charge in [0, 0.05) is 23.6 Å². The van der Waals surface area contributed by atoms with E-state index in [1.807, 2.05) is 41.9 Å². The van der Waals surface area contributed by atoms with Gasteiger partial charge in [0.1, 0.15) is 5.76 Å². The van der Waals surface area contributed by atoms with E-state index in [-0.39, 0.29) is 28.5 Å². The molecule has 4 rings (SSSR count). The molecule has 1 aromatic heterocycles. The second-order valence-electron chi connectivity index (χ2n) is 5.19. The molecule has 0 saturated heterocycles. The summed E-state index contributed by atoms with van der Waals surface area (Å²) >= 11 is 1.48. The molecule has 2 unspecified atom stereocenters. The summed E-state index contributed by atoms with van der Waals surface area (Å²) in [6.45, 7) is 0. The summed E-state index contributed by atoms with van der Waals surface area (Å²) in [4.78, 5) is 19.8. The molecule has 5 nitrogen and oxygen atoms in total. The largest absolute Gasteiger partial charge is 0.510 e. The third kappa shape index (κ3) is 2.12. The first kappa shape index (κ1) is 13.2.